The van der Waals surface area contributed by atoms with Crippen LogP contribution in [0, 0.1) is 0 Å². The van der Waals surface area contributed by atoms with E-state index >= 15 is 0 Å². The van der Waals surface area contributed by atoms with E-state index in [1.807, 2.05) is 30.3 Å². The molecular weight excluding hydrogens is 292 g/mol. The molecule has 0 spiro atoms. The van der Waals surface area contributed by atoms with Crippen LogP contribution in [0.3, 0.4) is 0 Å². The number of hydrogen-bond acceptors (Lipinski definition) is 4. The van der Waals surface area contributed by atoms with E-state index in [1.54, 1.807) is 31.4 Å². The summed E-state index contributed by atoms with van der Waals surface area (Å²) in [7, 11) is 3.08. The van der Waals surface area contributed by atoms with Crippen LogP contribution in [0.1, 0.15) is 15.9 Å². The number of benzene rings is 2. The number of aromatic hydroxyl groups is 1. The maximum Gasteiger partial charge on any atom is 0.185 e. The fourth-order valence-corrected chi connectivity index (χ4v) is 1.96. The maximum absolute atomic E-state index is 12.0. The lowest BCUT2D eigenvalue weighted by Gasteiger charge is -2.03. The second-order valence-electron chi connectivity index (χ2n) is 4.74. The zero-order valence-corrected chi connectivity index (χ0v) is 13.0. The summed E-state index contributed by atoms with van der Waals surface area (Å²) in [4.78, 5) is 12.0. The highest BCUT2D eigenvalue weighted by Crippen LogP contribution is 2.26. The summed E-state index contributed by atoms with van der Waals surface area (Å²) in [5, 5.41) is 9.68. The number of rotatable bonds is 6. The van der Waals surface area contributed by atoms with Crippen molar-refractivity contribution >= 4 is 11.9 Å². The molecule has 0 unspecified atom stereocenters. The minimum atomic E-state index is -0.192. The van der Waals surface area contributed by atoms with E-state index < -0.39 is 0 Å². The molecule has 0 aliphatic carbocycles. The third-order valence-corrected chi connectivity index (χ3v) is 3.23. The van der Waals surface area contributed by atoms with Crippen molar-refractivity contribution in [3.05, 3.63) is 71.8 Å². The van der Waals surface area contributed by atoms with E-state index in [4.69, 9.17) is 9.47 Å². The van der Waals surface area contributed by atoms with Gasteiger partial charge in [0.2, 0.25) is 0 Å². The number of ketones is 1. The molecule has 4 heteroatoms. The Kier molecular flexibility index (Phi) is 5.58. The Morgan fingerprint density at radius 3 is 2.35 bits per heavy atom. The molecule has 0 atom stereocenters. The minimum absolute atomic E-state index is 0.0551. The molecular formula is C19H18O4. The second-order valence-corrected chi connectivity index (χ2v) is 4.74. The highest BCUT2D eigenvalue weighted by atomic mass is 16.5. The van der Waals surface area contributed by atoms with Crippen molar-refractivity contribution < 1.29 is 19.4 Å². The SMILES string of the molecule is COc1ccc(/C=C/C=C/C(=O)c2ccc(OC)c(O)c2)cc1. The average molecular weight is 310 g/mol. The lowest BCUT2D eigenvalue weighted by molar-refractivity contribution is 0.104. The Bertz CT molecular complexity index is 728. The first-order chi connectivity index (χ1) is 11.1. The van der Waals surface area contributed by atoms with Gasteiger partial charge in [0.15, 0.2) is 17.3 Å². The number of carbonyl (C=O) groups is 1. The maximum atomic E-state index is 12.0. The van der Waals surface area contributed by atoms with Crippen molar-refractivity contribution in [2.45, 2.75) is 0 Å². The van der Waals surface area contributed by atoms with Crippen molar-refractivity contribution in [2.75, 3.05) is 14.2 Å². The smallest absolute Gasteiger partial charge is 0.185 e. The van der Waals surface area contributed by atoms with Gasteiger partial charge >= 0.3 is 0 Å². The van der Waals surface area contributed by atoms with E-state index in [2.05, 4.69) is 0 Å². The van der Waals surface area contributed by atoms with Gasteiger partial charge in [0.05, 0.1) is 14.2 Å². The molecule has 0 heterocycles. The van der Waals surface area contributed by atoms with Gasteiger partial charge in [0, 0.05) is 5.56 Å². The number of carbonyl (C=O) groups excluding carboxylic acids is 1. The predicted octanol–water partition coefficient (Wildman–Crippen LogP) is 3.86. The zero-order valence-electron chi connectivity index (χ0n) is 13.0. The van der Waals surface area contributed by atoms with E-state index in [-0.39, 0.29) is 11.5 Å². The highest BCUT2D eigenvalue weighted by Gasteiger charge is 2.06. The number of allylic oxidation sites excluding steroid dienone is 3. The monoisotopic (exact) mass is 310 g/mol. The fraction of sp³-hybridized carbons (Fsp3) is 0.105. The van der Waals surface area contributed by atoms with Gasteiger partial charge in [-0.15, -0.1) is 0 Å². The number of methoxy groups -OCH3 is 2. The Balaban J connectivity index is 2.00. The van der Waals surface area contributed by atoms with E-state index in [9.17, 15) is 9.90 Å². The molecule has 0 amide bonds. The Hall–Kier alpha value is -3.01. The average Bonchev–Trinajstić information content (AvgIpc) is 2.59. The predicted molar refractivity (Wildman–Crippen MR) is 90.2 cm³/mol. The molecule has 0 saturated heterocycles. The molecule has 0 aliphatic rings. The molecule has 23 heavy (non-hydrogen) atoms. The van der Waals surface area contributed by atoms with Crippen LogP contribution >= 0.6 is 0 Å². The van der Waals surface area contributed by atoms with Crippen molar-refractivity contribution in [1.82, 2.24) is 0 Å². The first-order valence-corrected chi connectivity index (χ1v) is 7.04. The first kappa shape index (κ1) is 16.4. The lowest BCUT2D eigenvalue weighted by Crippen LogP contribution is -1.94. The normalized spacial score (nSPS) is 11.0. The lowest BCUT2D eigenvalue weighted by atomic mass is 10.1. The van der Waals surface area contributed by atoms with Crippen molar-refractivity contribution in [3.8, 4) is 17.2 Å². The van der Waals surface area contributed by atoms with Crippen LogP contribution in [0.4, 0.5) is 0 Å². The summed E-state index contributed by atoms with van der Waals surface area (Å²) in [6, 6.07) is 12.1. The van der Waals surface area contributed by atoms with Gasteiger partial charge in [-0.25, -0.2) is 0 Å². The fourth-order valence-electron chi connectivity index (χ4n) is 1.96. The van der Waals surface area contributed by atoms with Gasteiger partial charge in [-0.2, -0.15) is 0 Å². The summed E-state index contributed by atoms with van der Waals surface area (Å²) >= 11 is 0. The van der Waals surface area contributed by atoms with Crippen LogP contribution in [-0.2, 0) is 0 Å². The largest absolute Gasteiger partial charge is 0.504 e. The number of phenolic OH excluding ortho intramolecular Hbond substituents is 1. The van der Waals surface area contributed by atoms with Crippen molar-refractivity contribution in [1.29, 1.82) is 0 Å². The summed E-state index contributed by atoms with van der Waals surface area (Å²) in [5.41, 5.74) is 1.40. The molecule has 0 aliphatic heterocycles. The van der Waals surface area contributed by atoms with E-state index in [0.717, 1.165) is 11.3 Å². The Labute approximate surface area is 135 Å². The molecule has 1 N–H and O–H groups in total. The van der Waals surface area contributed by atoms with Gasteiger partial charge in [-0.3, -0.25) is 4.79 Å². The van der Waals surface area contributed by atoms with Crippen LogP contribution in [0.15, 0.2) is 60.7 Å². The molecule has 2 aromatic rings. The number of phenols is 1. The van der Waals surface area contributed by atoms with Gasteiger partial charge < -0.3 is 14.6 Å². The van der Waals surface area contributed by atoms with Gasteiger partial charge in [0.1, 0.15) is 5.75 Å². The molecule has 0 bridgehead atoms. The summed E-state index contributed by atoms with van der Waals surface area (Å²) in [6.07, 6.45) is 6.77. The van der Waals surface area contributed by atoms with E-state index in [1.165, 1.54) is 19.3 Å². The highest BCUT2D eigenvalue weighted by molar-refractivity contribution is 6.05. The van der Waals surface area contributed by atoms with Crippen LogP contribution in [-0.4, -0.2) is 25.1 Å². The van der Waals surface area contributed by atoms with Crippen LogP contribution < -0.4 is 9.47 Å². The van der Waals surface area contributed by atoms with Crippen molar-refractivity contribution in [2.24, 2.45) is 0 Å². The molecule has 2 aromatic carbocycles. The van der Waals surface area contributed by atoms with Gasteiger partial charge in [-0.1, -0.05) is 30.4 Å². The number of hydrogen-bond donors (Lipinski definition) is 1. The van der Waals surface area contributed by atoms with Crippen molar-refractivity contribution in [3.63, 3.8) is 0 Å². The third-order valence-electron chi connectivity index (χ3n) is 3.23. The molecule has 0 aromatic heterocycles. The molecule has 0 radical (unpaired) electrons. The summed E-state index contributed by atoms with van der Waals surface area (Å²) in [5.74, 6) is 0.889. The van der Waals surface area contributed by atoms with Gasteiger partial charge in [-0.05, 0) is 42.0 Å². The van der Waals surface area contributed by atoms with Crippen LogP contribution in [0.2, 0.25) is 0 Å². The first-order valence-electron chi connectivity index (χ1n) is 7.04. The molecule has 2 rings (SSSR count). The topological polar surface area (TPSA) is 55.8 Å². The third kappa shape index (κ3) is 4.48. The second kappa shape index (κ2) is 7.84. The molecule has 0 fully saturated rings. The zero-order chi connectivity index (χ0) is 16.7. The minimum Gasteiger partial charge on any atom is -0.504 e. The van der Waals surface area contributed by atoms with Crippen LogP contribution in [0.25, 0.3) is 6.08 Å². The molecule has 4 nitrogen and oxygen atoms in total. The van der Waals surface area contributed by atoms with Crippen LogP contribution in [0.5, 0.6) is 17.2 Å². The summed E-state index contributed by atoms with van der Waals surface area (Å²) < 4.78 is 10.0. The molecule has 0 saturated carbocycles. The Morgan fingerprint density at radius 1 is 1.00 bits per heavy atom. The number of ether oxygens (including phenoxy) is 2. The quantitative estimate of drug-likeness (QED) is 0.500. The Morgan fingerprint density at radius 2 is 1.74 bits per heavy atom. The molecule has 118 valence electrons. The van der Waals surface area contributed by atoms with Gasteiger partial charge in [0.25, 0.3) is 0 Å². The van der Waals surface area contributed by atoms with E-state index in [0.29, 0.717) is 11.3 Å². The summed E-state index contributed by atoms with van der Waals surface area (Å²) in [6.45, 7) is 0. The standard InChI is InChI=1S/C19H18O4/c1-22-16-10-7-14(8-11-16)5-3-4-6-17(20)15-9-12-19(23-2)18(21)13-15/h3-13,21H,1-2H3/b5-3+,6-4+.